The largest absolute Gasteiger partial charge is 0.495 e. The highest BCUT2D eigenvalue weighted by molar-refractivity contribution is 7.99. The van der Waals surface area contributed by atoms with Crippen LogP contribution < -0.4 is 15.4 Å². The lowest BCUT2D eigenvalue weighted by Crippen LogP contribution is -2.39. The number of likely N-dealkylation sites (N-methyl/N-ethyl adjacent to an activating group) is 1. The number of hydrogen-bond donors (Lipinski definition) is 2. The number of ether oxygens (including phenoxy) is 1. The summed E-state index contributed by atoms with van der Waals surface area (Å²) in [6.07, 6.45) is 0. The molecule has 0 aromatic heterocycles. The molecule has 0 aliphatic carbocycles. The van der Waals surface area contributed by atoms with Gasteiger partial charge in [0.05, 0.1) is 18.8 Å². The second-order valence-corrected chi connectivity index (χ2v) is 4.54. The number of para-hydroxylation sites is 1. The van der Waals surface area contributed by atoms with Crippen LogP contribution in [-0.2, 0) is 4.79 Å². The van der Waals surface area contributed by atoms with Crippen LogP contribution >= 0.6 is 11.8 Å². The Morgan fingerprint density at radius 1 is 1.56 bits per heavy atom. The molecule has 0 unspecified atom stereocenters. The van der Waals surface area contributed by atoms with Gasteiger partial charge < -0.3 is 15.4 Å². The molecule has 0 saturated carbocycles. The number of carbonyl (C=O) groups is 1. The van der Waals surface area contributed by atoms with Gasteiger partial charge in [-0.05, 0) is 19.2 Å². The van der Waals surface area contributed by atoms with Crippen molar-refractivity contribution in [2.75, 3.05) is 25.2 Å². The number of amides is 1. The first-order valence-corrected chi connectivity index (χ1v) is 6.02. The molecule has 0 saturated heterocycles. The molecule has 0 bridgehead atoms. The fourth-order valence-corrected chi connectivity index (χ4v) is 2.73. The summed E-state index contributed by atoms with van der Waals surface area (Å²) in [5.74, 6) is 1.41. The Morgan fingerprint density at radius 3 is 3.06 bits per heavy atom. The van der Waals surface area contributed by atoms with Crippen LogP contribution in [0.1, 0.15) is 0 Å². The average molecular weight is 238 g/mol. The SMILES string of the molecule is CN[C@H]1CSc2cccc(OC)c2NC1=O. The second-order valence-electron chi connectivity index (χ2n) is 3.47. The van der Waals surface area contributed by atoms with E-state index in [9.17, 15) is 4.79 Å². The molecule has 1 aromatic carbocycles. The van der Waals surface area contributed by atoms with Gasteiger partial charge in [0, 0.05) is 10.6 Å². The van der Waals surface area contributed by atoms with Crippen LogP contribution in [0.25, 0.3) is 0 Å². The molecule has 1 heterocycles. The van der Waals surface area contributed by atoms with Crippen molar-refractivity contribution in [2.45, 2.75) is 10.9 Å². The number of fused-ring (bicyclic) bond motifs is 1. The maximum Gasteiger partial charge on any atom is 0.242 e. The topological polar surface area (TPSA) is 50.4 Å². The zero-order valence-electron chi connectivity index (χ0n) is 9.24. The van der Waals surface area contributed by atoms with Gasteiger partial charge in [-0.15, -0.1) is 11.8 Å². The van der Waals surface area contributed by atoms with Gasteiger partial charge in [0.1, 0.15) is 5.75 Å². The fourth-order valence-electron chi connectivity index (χ4n) is 1.60. The van der Waals surface area contributed by atoms with Crippen molar-refractivity contribution < 1.29 is 9.53 Å². The minimum atomic E-state index is -0.165. The molecule has 1 amide bonds. The molecule has 16 heavy (non-hydrogen) atoms. The summed E-state index contributed by atoms with van der Waals surface area (Å²) in [6.45, 7) is 0. The van der Waals surface area contributed by atoms with Crippen molar-refractivity contribution in [1.82, 2.24) is 5.32 Å². The number of benzene rings is 1. The van der Waals surface area contributed by atoms with E-state index in [1.807, 2.05) is 18.2 Å². The van der Waals surface area contributed by atoms with E-state index in [0.29, 0.717) is 5.75 Å². The average Bonchev–Trinajstić information content (AvgIpc) is 2.46. The Bertz CT molecular complexity index is 409. The standard InChI is InChI=1S/C11H14N2O2S/c1-12-7-6-16-9-5-3-4-8(15-2)10(9)13-11(7)14/h3-5,7,12H,6H2,1-2H3,(H,13,14)/t7-/m0/s1. The van der Waals surface area contributed by atoms with Gasteiger partial charge in [-0.25, -0.2) is 0 Å². The third-order valence-corrected chi connectivity index (χ3v) is 3.68. The number of rotatable bonds is 2. The van der Waals surface area contributed by atoms with Gasteiger partial charge >= 0.3 is 0 Å². The third kappa shape index (κ3) is 2.01. The first-order chi connectivity index (χ1) is 7.76. The molecule has 1 aliphatic heterocycles. The van der Waals surface area contributed by atoms with Gasteiger partial charge in [0.25, 0.3) is 0 Å². The number of carbonyl (C=O) groups excluding carboxylic acids is 1. The maximum absolute atomic E-state index is 11.8. The van der Waals surface area contributed by atoms with Crippen molar-refractivity contribution in [3.63, 3.8) is 0 Å². The zero-order chi connectivity index (χ0) is 11.5. The predicted molar refractivity (Wildman–Crippen MR) is 65.2 cm³/mol. The lowest BCUT2D eigenvalue weighted by Gasteiger charge is -2.12. The van der Waals surface area contributed by atoms with Crippen molar-refractivity contribution in [1.29, 1.82) is 0 Å². The van der Waals surface area contributed by atoms with Crippen molar-refractivity contribution >= 4 is 23.4 Å². The van der Waals surface area contributed by atoms with Gasteiger partial charge in [-0.3, -0.25) is 4.79 Å². The van der Waals surface area contributed by atoms with Crippen LogP contribution in [0.3, 0.4) is 0 Å². The van der Waals surface area contributed by atoms with Gasteiger partial charge in [0.2, 0.25) is 5.91 Å². The van der Waals surface area contributed by atoms with E-state index in [2.05, 4.69) is 10.6 Å². The van der Waals surface area contributed by atoms with Crippen molar-refractivity contribution in [3.05, 3.63) is 18.2 Å². The molecule has 2 rings (SSSR count). The summed E-state index contributed by atoms with van der Waals surface area (Å²) in [5, 5.41) is 5.89. The molecule has 1 aromatic rings. The van der Waals surface area contributed by atoms with E-state index in [0.717, 1.165) is 16.3 Å². The first kappa shape index (κ1) is 11.3. The summed E-state index contributed by atoms with van der Waals surface area (Å²) in [7, 11) is 3.39. The van der Waals surface area contributed by atoms with E-state index in [1.54, 1.807) is 25.9 Å². The van der Waals surface area contributed by atoms with Crippen LogP contribution in [0.15, 0.2) is 23.1 Å². The number of hydrogen-bond acceptors (Lipinski definition) is 4. The number of nitrogens with one attached hydrogen (secondary N) is 2. The van der Waals surface area contributed by atoms with Gasteiger partial charge in [-0.2, -0.15) is 0 Å². The van der Waals surface area contributed by atoms with E-state index in [-0.39, 0.29) is 11.9 Å². The lowest BCUT2D eigenvalue weighted by molar-refractivity contribution is -0.117. The maximum atomic E-state index is 11.8. The summed E-state index contributed by atoms with van der Waals surface area (Å²) in [4.78, 5) is 12.9. The number of anilines is 1. The lowest BCUT2D eigenvalue weighted by atomic mass is 10.2. The number of thioether (sulfide) groups is 1. The summed E-state index contributed by atoms with van der Waals surface area (Å²) < 4.78 is 5.24. The van der Waals surface area contributed by atoms with Gasteiger partial charge in [-0.1, -0.05) is 6.07 Å². The van der Waals surface area contributed by atoms with Gasteiger partial charge in [0.15, 0.2) is 0 Å². The highest BCUT2D eigenvalue weighted by Gasteiger charge is 2.24. The molecular weight excluding hydrogens is 224 g/mol. The van der Waals surface area contributed by atoms with E-state index in [4.69, 9.17) is 4.74 Å². The molecule has 4 nitrogen and oxygen atoms in total. The van der Waals surface area contributed by atoms with Crippen molar-refractivity contribution in [3.8, 4) is 5.75 Å². The highest BCUT2D eigenvalue weighted by Crippen LogP contribution is 2.37. The summed E-state index contributed by atoms with van der Waals surface area (Å²) in [6, 6.07) is 5.60. The molecule has 1 atom stereocenters. The van der Waals surface area contributed by atoms with Crippen LogP contribution in [0.2, 0.25) is 0 Å². The Kier molecular flexibility index (Phi) is 3.36. The Morgan fingerprint density at radius 2 is 2.38 bits per heavy atom. The molecule has 5 heteroatoms. The monoisotopic (exact) mass is 238 g/mol. The molecule has 86 valence electrons. The summed E-state index contributed by atoms with van der Waals surface area (Å²) in [5.41, 5.74) is 0.776. The molecule has 0 radical (unpaired) electrons. The Balaban J connectivity index is 2.37. The molecule has 1 aliphatic rings. The third-order valence-electron chi connectivity index (χ3n) is 2.53. The first-order valence-electron chi connectivity index (χ1n) is 5.04. The molecule has 0 fully saturated rings. The van der Waals surface area contributed by atoms with E-state index in [1.165, 1.54) is 0 Å². The molecule has 0 spiro atoms. The minimum Gasteiger partial charge on any atom is -0.495 e. The van der Waals surface area contributed by atoms with Crippen molar-refractivity contribution in [2.24, 2.45) is 0 Å². The molecule has 2 N–H and O–H groups in total. The van der Waals surface area contributed by atoms with Crippen LogP contribution in [0.4, 0.5) is 5.69 Å². The highest BCUT2D eigenvalue weighted by atomic mass is 32.2. The summed E-state index contributed by atoms with van der Waals surface area (Å²) >= 11 is 1.65. The Hall–Kier alpha value is -1.20. The van der Waals surface area contributed by atoms with E-state index < -0.39 is 0 Å². The zero-order valence-corrected chi connectivity index (χ0v) is 10.1. The predicted octanol–water partition coefficient (Wildman–Crippen LogP) is 1.33. The second kappa shape index (κ2) is 4.76. The van der Waals surface area contributed by atoms with Crippen LogP contribution in [-0.4, -0.2) is 31.9 Å². The van der Waals surface area contributed by atoms with Crippen LogP contribution in [0.5, 0.6) is 5.75 Å². The number of methoxy groups -OCH3 is 1. The molecular formula is C11H14N2O2S. The Labute approximate surface area is 98.7 Å². The fraction of sp³-hybridized carbons (Fsp3) is 0.364. The quantitative estimate of drug-likeness (QED) is 0.816. The normalized spacial score (nSPS) is 19.6. The smallest absolute Gasteiger partial charge is 0.242 e. The van der Waals surface area contributed by atoms with Crippen LogP contribution in [0, 0.1) is 0 Å². The minimum absolute atomic E-state index is 0.0155. The van der Waals surface area contributed by atoms with E-state index >= 15 is 0 Å².